The molecule has 25 heavy (non-hydrogen) atoms. The van der Waals surface area contributed by atoms with Gasteiger partial charge in [-0.05, 0) is 53.5 Å². The third kappa shape index (κ3) is 4.62. The normalized spacial score (nSPS) is 16.7. The molecule has 1 saturated heterocycles. The van der Waals surface area contributed by atoms with Gasteiger partial charge in [-0.2, -0.15) is 0 Å². The fraction of sp³-hybridized carbons (Fsp3) is 0.684. The summed E-state index contributed by atoms with van der Waals surface area (Å²) in [6, 6.07) is 1.69. The number of terminal acetylenes is 1. The zero-order valence-electron chi connectivity index (χ0n) is 15.9. The Morgan fingerprint density at radius 2 is 2.04 bits per heavy atom. The molecule has 0 aliphatic carbocycles. The lowest BCUT2D eigenvalue weighted by Crippen LogP contribution is -2.52. The Bertz CT molecular complexity index is 637. The highest BCUT2D eigenvalue weighted by atomic mass is 16.5. The maximum atomic E-state index is 12.7. The summed E-state index contributed by atoms with van der Waals surface area (Å²) in [5.41, 5.74) is -0.590. The molecular formula is C19H29N3O3. The number of carbonyl (C=O) groups excluding carboxylic acids is 1. The van der Waals surface area contributed by atoms with E-state index in [1.54, 1.807) is 6.07 Å². The second kappa shape index (κ2) is 7.59. The topological polar surface area (TPSA) is 67.6 Å². The van der Waals surface area contributed by atoms with Crippen LogP contribution in [0.15, 0.2) is 10.6 Å². The van der Waals surface area contributed by atoms with E-state index in [-0.39, 0.29) is 5.91 Å². The first-order chi connectivity index (χ1) is 11.7. The van der Waals surface area contributed by atoms with Crippen molar-refractivity contribution in [2.24, 2.45) is 5.92 Å². The molecule has 0 atom stereocenters. The molecule has 1 aromatic rings. The van der Waals surface area contributed by atoms with Crippen molar-refractivity contribution in [3.63, 3.8) is 0 Å². The third-order valence-corrected chi connectivity index (χ3v) is 5.13. The van der Waals surface area contributed by atoms with Gasteiger partial charge in [0.15, 0.2) is 0 Å². The number of nitrogens with one attached hydrogen (secondary N) is 1. The van der Waals surface area contributed by atoms with Crippen LogP contribution >= 0.6 is 0 Å². The largest absolute Gasteiger partial charge is 0.381 e. The van der Waals surface area contributed by atoms with Gasteiger partial charge in [-0.1, -0.05) is 11.1 Å². The number of ether oxygens (including phenoxy) is 1. The van der Waals surface area contributed by atoms with E-state index in [2.05, 4.69) is 21.3 Å². The Kier molecular flexibility index (Phi) is 5.91. The predicted octanol–water partition coefficient (Wildman–Crippen LogP) is 2.66. The van der Waals surface area contributed by atoms with E-state index in [1.165, 1.54) is 0 Å². The van der Waals surface area contributed by atoms with E-state index in [0.717, 1.165) is 32.6 Å². The van der Waals surface area contributed by atoms with Crippen molar-refractivity contribution in [1.29, 1.82) is 0 Å². The average molecular weight is 347 g/mol. The van der Waals surface area contributed by atoms with Crippen LogP contribution < -0.4 is 5.32 Å². The van der Waals surface area contributed by atoms with Gasteiger partial charge in [-0.3, -0.25) is 15.0 Å². The number of rotatable bonds is 6. The summed E-state index contributed by atoms with van der Waals surface area (Å²) in [6.07, 6.45) is 7.58. The van der Waals surface area contributed by atoms with E-state index in [1.807, 2.05) is 34.7 Å². The molecule has 2 heterocycles. The first kappa shape index (κ1) is 19.5. The van der Waals surface area contributed by atoms with Crippen LogP contribution in [0.5, 0.6) is 0 Å². The lowest BCUT2D eigenvalue weighted by atomic mass is 9.91. The van der Waals surface area contributed by atoms with Crippen molar-refractivity contribution >= 4 is 11.8 Å². The molecule has 1 aromatic heterocycles. The van der Waals surface area contributed by atoms with Crippen molar-refractivity contribution in [2.45, 2.75) is 51.5 Å². The fourth-order valence-electron chi connectivity index (χ4n) is 2.69. The van der Waals surface area contributed by atoms with Crippen LogP contribution in [-0.2, 0) is 14.9 Å². The minimum absolute atomic E-state index is 0.136. The summed E-state index contributed by atoms with van der Waals surface area (Å²) in [4.78, 5) is 14.8. The minimum atomic E-state index is -0.674. The van der Waals surface area contributed by atoms with Gasteiger partial charge in [0.2, 0.25) is 11.8 Å². The van der Waals surface area contributed by atoms with Crippen molar-refractivity contribution in [1.82, 2.24) is 10.1 Å². The van der Waals surface area contributed by atoms with Gasteiger partial charge in [0.25, 0.3) is 0 Å². The van der Waals surface area contributed by atoms with Crippen molar-refractivity contribution < 1.29 is 14.1 Å². The Labute approximate surface area is 150 Å². The number of aromatic nitrogens is 1. The summed E-state index contributed by atoms with van der Waals surface area (Å²) in [6.45, 7) is 10.0. The third-order valence-electron chi connectivity index (χ3n) is 5.13. The van der Waals surface area contributed by atoms with Crippen LogP contribution in [0, 0.1) is 18.3 Å². The van der Waals surface area contributed by atoms with E-state index in [0.29, 0.717) is 17.5 Å². The first-order valence-electron chi connectivity index (χ1n) is 8.72. The second-order valence-corrected chi connectivity index (χ2v) is 7.80. The first-order valence-corrected chi connectivity index (χ1v) is 8.72. The van der Waals surface area contributed by atoms with Gasteiger partial charge in [0, 0.05) is 25.8 Å². The second-order valence-electron chi connectivity index (χ2n) is 7.80. The molecule has 0 radical (unpaired) electrons. The van der Waals surface area contributed by atoms with E-state index in [9.17, 15) is 4.79 Å². The maximum Gasteiger partial charge on any atom is 0.246 e. The molecule has 1 N–H and O–H groups in total. The van der Waals surface area contributed by atoms with Crippen molar-refractivity contribution in [3.05, 3.63) is 11.8 Å². The minimum Gasteiger partial charge on any atom is -0.381 e. The summed E-state index contributed by atoms with van der Waals surface area (Å²) >= 11 is 0. The number of anilines is 1. The zero-order chi connectivity index (χ0) is 18.7. The molecule has 1 amide bonds. The van der Waals surface area contributed by atoms with E-state index >= 15 is 0 Å². The molecule has 6 heteroatoms. The zero-order valence-corrected chi connectivity index (χ0v) is 15.9. The maximum absolute atomic E-state index is 12.7. The molecule has 2 rings (SSSR count). The van der Waals surface area contributed by atoms with Gasteiger partial charge in [-0.25, -0.2) is 0 Å². The molecule has 0 unspecified atom stereocenters. The number of nitrogens with zero attached hydrogens (tertiary/aromatic N) is 2. The Hall–Kier alpha value is -1.84. The van der Waals surface area contributed by atoms with Gasteiger partial charge in [0.1, 0.15) is 5.69 Å². The highest BCUT2D eigenvalue weighted by Crippen LogP contribution is 2.25. The standard InChI is InChI=1S/C19H29N3O3/c1-7-18(2,3)15-12-16(25-21-15)20-17(23)19(4,5)22(6)13-14-8-10-24-11-9-14/h1,12,14H,8-11,13H2,2-6H3,(H,20,23). The molecule has 138 valence electrons. The Morgan fingerprint density at radius 1 is 1.40 bits per heavy atom. The van der Waals surface area contributed by atoms with Crippen LogP contribution in [0.4, 0.5) is 5.88 Å². The van der Waals surface area contributed by atoms with Crippen LogP contribution in [0.3, 0.4) is 0 Å². The van der Waals surface area contributed by atoms with Crippen LogP contribution in [0.25, 0.3) is 0 Å². The van der Waals surface area contributed by atoms with Gasteiger partial charge < -0.3 is 9.26 Å². The molecule has 0 spiro atoms. The van der Waals surface area contributed by atoms with Gasteiger partial charge in [-0.15, -0.1) is 6.42 Å². The molecule has 1 aliphatic rings. The summed E-state index contributed by atoms with van der Waals surface area (Å²) in [7, 11) is 1.97. The van der Waals surface area contributed by atoms with Gasteiger partial charge in [0.05, 0.1) is 11.0 Å². The molecule has 6 nitrogen and oxygen atoms in total. The smallest absolute Gasteiger partial charge is 0.246 e. The van der Waals surface area contributed by atoms with Crippen LogP contribution in [0.1, 0.15) is 46.2 Å². The van der Waals surface area contributed by atoms with Crippen LogP contribution in [-0.4, -0.2) is 48.3 Å². The van der Waals surface area contributed by atoms with E-state index in [4.69, 9.17) is 15.7 Å². The molecule has 1 fully saturated rings. The predicted molar refractivity (Wildman–Crippen MR) is 97.2 cm³/mol. The Morgan fingerprint density at radius 3 is 2.64 bits per heavy atom. The number of hydrogen-bond donors (Lipinski definition) is 1. The average Bonchev–Trinajstić information content (AvgIpc) is 3.05. The molecule has 0 bridgehead atoms. The SMILES string of the molecule is C#CC(C)(C)c1cc(NC(=O)C(C)(C)N(C)CC2CCOCC2)on1. The number of amides is 1. The molecule has 0 aromatic carbocycles. The lowest BCUT2D eigenvalue weighted by molar-refractivity contribution is -0.126. The van der Waals surface area contributed by atoms with Crippen LogP contribution in [0.2, 0.25) is 0 Å². The monoisotopic (exact) mass is 347 g/mol. The molecular weight excluding hydrogens is 318 g/mol. The van der Waals surface area contributed by atoms with E-state index < -0.39 is 11.0 Å². The summed E-state index contributed by atoms with van der Waals surface area (Å²) in [5.74, 6) is 3.40. The van der Waals surface area contributed by atoms with Crippen molar-refractivity contribution in [3.8, 4) is 12.3 Å². The summed E-state index contributed by atoms with van der Waals surface area (Å²) in [5, 5.41) is 6.79. The molecule has 1 aliphatic heterocycles. The molecule has 0 saturated carbocycles. The fourth-order valence-corrected chi connectivity index (χ4v) is 2.69. The number of likely N-dealkylation sites (N-methyl/N-ethyl adjacent to an activating group) is 1. The highest BCUT2D eigenvalue weighted by Gasteiger charge is 2.34. The van der Waals surface area contributed by atoms with Gasteiger partial charge >= 0.3 is 0 Å². The lowest BCUT2D eigenvalue weighted by Gasteiger charge is -2.37. The quantitative estimate of drug-likeness (QED) is 0.801. The number of carbonyl (C=O) groups is 1. The van der Waals surface area contributed by atoms with Crippen molar-refractivity contribution in [2.75, 3.05) is 32.1 Å². The summed E-state index contributed by atoms with van der Waals surface area (Å²) < 4.78 is 10.6. The number of hydrogen-bond acceptors (Lipinski definition) is 5. The highest BCUT2D eigenvalue weighted by molar-refractivity contribution is 5.96. The Balaban J connectivity index is 1.99.